The van der Waals surface area contributed by atoms with Crippen LogP contribution in [0.2, 0.25) is 0 Å². The summed E-state index contributed by atoms with van der Waals surface area (Å²) >= 11 is 6.70. The van der Waals surface area contributed by atoms with E-state index in [0.717, 1.165) is 5.56 Å². The second kappa shape index (κ2) is 6.30. The molecule has 0 fully saturated rings. The van der Waals surface area contributed by atoms with Crippen molar-refractivity contribution in [2.24, 2.45) is 5.84 Å². The summed E-state index contributed by atoms with van der Waals surface area (Å²) in [5.74, 6) is 5.50. The van der Waals surface area contributed by atoms with Crippen molar-refractivity contribution in [2.75, 3.05) is 10.1 Å². The number of nitrogens with zero attached hydrogens (tertiary/aromatic N) is 1. The second-order valence-corrected chi connectivity index (χ2v) is 7.62. The summed E-state index contributed by atoms with van der Waals surface area (Å²) in [5, 5.41) is 0. The highest BCUT2D eigenvalue weighted by molar-refractivity contribution is 9.11. The lowest BCUT2D eigenvalue weighted by molar-refractivity contribution is 0.601. The third-order valence-corrected chi connectivity index (χ3v) is 5.21. The molecule has 1 aromatic heterocycles. The van der Waals surface area contributed by atoms with Gasteiger partial charge >= 0.3 is 0 Å². The molecule has 2 aromatic rings. The number of halogens is 2. The molecular formula is C12H12Br2N4O2S. The molecule has 0 bridgehead atoms. The Morgan fingerprint density at radius 1 is 1.19 bits per heavy atom. The summed E-state index contributed by atoms with van der Waals surface area (Å²) in [6.45, 7) is 1.91. The molecule has 21 heavy (non-hydrogen) atoms. The predicted molar refractivity (Wildman–Crippen MR) is 89.4 cm³/mol. The molecule has 0 aliphatic carbocycles. The number of hydrogen-bond acceptors (Lipinski definition) is 5. The summed E-state index contributed by atoms with van der Waals surface area (Å²) in [7, 11) is -3.75. The zero-order chi connectivity index (χ0) is 15.6. The Balaban J connectivity index is 2.42. The quantitative estimate of drug-likeness (QED) is 0.506. The molecule has 0 radical (unpaired) electrons. The number of nitrogen functional groups attached to an aromatic ring is 1. The third kappa shape index (κ3) is 3.73. The van der Waals surface area contributed by atoms with Gasteiger partial charge in [0.2, 0.25) is 0 Å². The van der Waals surface area contributed by atoms with Gasteiger partial charge in [-0.15, -0.1) is 0 Å². The first kappa shape index (κ1) is 16.2. The summed E-state index contributed by atoms with van der Waals surface area (Å²) in [6, 6.07) is 6.38. The summed E-state index contributed by atoms with van der Waals surface area (Å²) in [4.78, 5) is 3.94. The van der Waals surface area contributed by atoms with Crippen LogP contribution in [0.25, 0.3) is 0 Å². The highest BCUT2D eigenvalue weighted by atomic mass is 79.9. The zero-order valence-corrected chi connectivity index (χ0v) is 14.9. The van der Waals surface area contributed by atoms with E-state index in [2.05, 4.69) is 47.0 Å². The standard InChI is InChI=1S/C12H12Br2N4O2S/c1-7-4-9(13)12(10(14)5-7)18-21(19,20)8-2-3-16-11(6-8)17-15/h2-6,18H,15H2,1H3,(H,16,17). The molecule has 1 aromatic carbocycles. The fourth-order valence-electron chi connectivity index (χ4n) is 1.65. The lowest BCUT2D eigenvalue weighted by Gasteiger charge is -2.13. The fraction of sp³-hybridized carbons (Fsp3) is 0.0833. The van der Waals surface area contributed by atoms with Crippen LogP contribution in [-0.2, 0) is 10.0 Å². The maximum atomic E-state index is 12.4. The smallest absolute Gasteiger partial charge is 0.262 e. The summed E-state index contributed by atoms with van der Waals surface area (Å²) < 4.78 is 28.6. The predicted octanol–water partition coefficient (Wildman–Crippen LogP) is 3.00. The molecule has 9 heteroatoms. The van der Waals surface area contributed by atoms with Gasteiger partial charge in [0.15, 0.2) is 0 Å². The van der Waals surface area contributed by atoms with E-state index in [1.165, 1.54) is 18.3 Å². The number of hydrogen-bond donors (Lipinski definition) is 3. The molecule has 0 atom stereocenters. The number of sulfonamides is 1. The van der Waals surface area contributed by atoms with Gasteiger partial charge in [-0.25, -0.2) is 19.2 Å². The Morgan fingerprint density at radius 2 is 1.81 bits per heavy atom. The minimum atomic E-state index is -3.75. The van der Waals surface area contributed by atoms with Crippen LogP contribution in [0.4, 0.5) is 11.5 Å². The van der Waals surface area contributed by atoms with E-state index in [-0.39, 0.29) is 10.7 Å². The zero-order valence-electron chi connectivity index (χ0n) is 10.9. The van der Waals surface area contributed by atoms with Crippen molar-refractivity contribution in [2.45, 2.75) is 11.8 Å². The maximum absolute atomic E-state index is 12.4. The van der Waals surface area contributed by atoms with E-state index in [1.807, 2.05) is 19.1 Å². The molecule has 0 spiro atoms. The number of rotatable bonds is 4. The first-order chi connectivity index (χ1) is 9.83. The van der Waals surface area contributed by atoms with E-state index >= 15 is 0 Å². The molecule has 0 amide bonds. The van der Waals surface area contributed by atoms with Gasteiger partial charge in [-0.2, -0.15) is 0 Å². The van der Waals surface area contributed by atoms with Crippen LogP contribution < -0.4 is 16.0 Å². The molecule has 0 aliphatic rings. The van der Waals surface area contributed by atoms with Crippen molar-refractivity contribution < 1.29 is 8.42 Å². The van der Waals surface area contributed by atoms with Gasteiger partial charge in [0.05, 0.1) is 10.6 Å². The lowest BCUT2D eigenvalue weighted by atomic mass is 10.2. The number of anilines is 2. The van der Waals surface area contributed by atoms with Crippen LogP contribution in [0.5, 0.6) is 0 Å². The summed E-state index contributed by atoms with van der Waals surface area (Å²) in [6.07, 6.45) is 1.36. The fourth-order valence-corrected chi connectivity index (χ4v) is 4.64. The highest BCUT2D eigenvalue weighted by Crippen LogP contribution is 2.34. The molecule has 0 saturated carbocycles. The topological polar surface area (TPSA) is 97.1 Å². The minimum absolute atomic E-state index is 0.0600. The minimum Gasteiger partial charge on any atom is -0.308 e. The van der Waals surface area contributed by atoms with Crippen molar-refractivity contribution >= 4 is 53.4 Å². The normalized spacial score (nSPS) is 11.2. The lowest BCUT2D eigenvalue weighted by Crippen LogP contribution is -2.15. The number of nitrogens with two attached hydrogens (primary N) is 1. The molecule has 112 valence electrons. The van der Waals surface area contributed by atoms with Gasteiger partial charge in [-0.1, -0.05) is 0 Å². The van der Waals surface area contributed by atoms with Crippen molar-refractivity contribution in [1.29, 1.82) is 0 Å². The van der Waals surface area contributed by atoms with Crippen molar-refractivity contribution in [3.63, 3.8) is 0 Å². The number of benzene rings is 1. The van der Waals surface area contributed by atoms with E-state index < -0.39 is 10.0 Å². The van der Waals surface area contributed by atoms with E-state index in [0.29, 0.717) is 14.6 Å². The average Bonchev–Trinajstić information content (AvgIpc) is 2.43. The van der Waals surface area contributed by atoms with Crippen molar-refractivity contribution in [1.82, 2.24) is 4.98 Å². The first-order valence-electron chi connectivity index (χ1n) is 5.74. The monoisotopic (exact) mass is 434 g/mol. The maximum Gasteiger partial charge on any atom is 0.262 e. The summed E-state index contributed by atoms with van der Waals surface area (Å²) in [5.41, 5.74) is 3.74. The van der Waals surface area contributed by atoms with Gasteiger partial charge in [0.1, 0.15) is 5.82 Å². The third-order valence-electron chi connectivity index (χ3n) is 2.61. The Morgan fingerprint density at radius 3 is 2.38 bits per heavy atom. The van der Waals surface area contributed by atoms with Gasteiger partial charge in [0, 0.05) is 21.2 Å². The number of pyridine rings is 1. The SMILES string of the molecule is Cc1cc(Br)c(NS(=O)(=O)c2ccnc(NN)c2)c(Br)c1. The van der Waals surface area contributed by atoms with E-state index in [9.17, 15) is 8.42 Å². The Bertz CT molecular complexity index is 758. The Hall–Kier alpha value is -1.16. The number of aryl methyl sites for hydroxylation is 1. The van der Waals surface area contributed by atoms with Crippen LogP contribution >= 0.6 is 31.9 Å². The van der Waals surface area contributed by atoms with Crippen molar-refractivity contribution in [3.05, 3.63) is 45.0 Å². The Kier molecular flexibility index (Phi) is 4.87. The van der Waals surface area contributed by atoms with Gasteiger partial charge in [0.25, 0.3) is 10.0 Å². The van der Waals surface area contributed by atoms with Gasteiger partial charge < -0.3 is 5.43 Å². The first-order valence-corrected chi connectivity index (χ1v) is 8.81. The molecule has 2 rings (SSSR count). The van der Waals surface area contributed by atoms with Crippen LogP contribution in [0.15, 0.2) is 44.3 Å². The average molecular weight is 436 g/mol. The Labute approximate surface area is 139 Å². The number of aromatic nitrogens is 1. The largest absolute Gasteiger partial charge is 0.308 e. The van der Waals surface area contributed by atoms with E-state index in [4.69, 9.17) is 5.84 Å². The van der Waals surface area contributed by atoms with Gasteiger partial charge in [-0.05, 0) is 62.5 Å². The molecule has 4 N–H and O–H groups in total. The van der Waals surface area contributed by atoms with Crippen LogP contribution in [0.3, 0.4) is 0 Å². The highest BCUT2D eigenvalue weighted by Gasteiger charge is 2.18. The van der Waals surface area contributed by atoms with Crippen LogP contribution in [0.1, 0.15) is 5.56 Å². The number of nitrogens with one attached hydrogen (secondary N) is 2. The molecule has 1 heterocycles. The number of hydrazine groups is 1. The van der Waals surface area contributed by atoms with Crippen LogP contribution in [0, 0.1) is 6.92 Å². The molecule has 0 unspecified atom stereocenters. The van der Waals surface area contributed by atoms with Gasteiger partial charge in [-0.3, -0.25) is 4.72 Å². The molecule has 6 nitrogen and oxygen atoms in total. The van der Waals surface area contributed by atoms with Crippen LogP contribution in [-0.4, -0.2) is 13.4 Å². The van der Waals surface area contributed by atoms with Crippen molar-refractivity contribution in [3.8, 4) is 0 Å². The molecule has 0 aliphatic heterocycles. The molecule has 0 saturated heterocycles. The van der Waals surface area contributed by atoms with E-state index in [1.54, 1.807) is 0 Å². The molecular weight excluding hydrogens is 424 g/mol. The second-order valence-electron chi connectivity index (χ2n) is 4.23.